The van der Waals surface area contributed by atoms with Gasteiger partial charge in [0, 0.05) is 6.42 Å². The van der Waals surface area contributed by atoms with Gasteiger partial charge in [0.05, 0.1) is 6.10 Å². The van der Waals surface area contributed by atoms with E-state index in [1.54, 1.807) is 0 Å². The zero-order valence-electron chi connectivity index (χ0n) is 5.58. The predicted octanol–water partition coefficient (Wildman–Crippen LogP) is 1.04. The predicted molar refractivity (Wildman–Crippen MR) is 34.4 cm³/mol. The highest BCUT2D eigenvalue weighted by atomic mass is 16.3. The van der Waals surface area contributed by atoms with Crippen LogP contribution >= 0.6 is 0 Å². The maximum Gasteiger partial charge on any atom is 0.181 e. The molecule has 1 atom stereocenters. The van der Waals surface area contributed by atoms with E-state index in [-0.39, 0.29) is 6.10 Å². The van der Waals surface area contributed by atoms with Gasteiger partial charge in [-0.2, -0.15) is 0 Å². The number of rotatable bonds is 0. The third-order valence-electron chi connectivity index (χ3n) is 1.87. The van der Waals surface area contributed by atoms with E-state index in [4.69, 9.17) is 4.42 Å². The molecule has 1 N–H and O–H groups in total. The fourth-order valence-electron chi connectivity index (χ4n) is 1.33. The van der Waals surface area contributed by atoms with Crippen molar-refractivity contribution < 1.29 is 9.52 Å². The van der Waals surface area contributed by atoms with Crippen molar-refractivity contribution in [1.29, 1.82) is 0 Å². The molecule has 0 bridgehead atoms. The Kier molecular flexibility index (Phi) is 1.24. The fourth-order valence-corrected chi connectivity index (χ4v) is 1.33. The Morgan fingerprint density at radius 1 is 1.70 bits per heavy atom. The molecule has 3 heteroatoms. The average Bonchev–Trinajstić information content (AvgIpc) is 2.36. The minimum atomic E-state index is -0.387. The summed E-state index contributed by atoms with van der Waals surface area (Å²) in [6.45, 7) is 0. The van der Waals surface area contributed by atoms with E-state index < -0.39 is 0 Å². The van der Waals surface area contributed by atoms with Crippen LogP contribution in [0.15, 0.2) is 10.8 Å². The largest absolute Gasteiger partial charge is 0.448 e. The van der Waals surface area contributed by atoms with Crippen molar-refractivity contribution in [2.75, 3.05) is 0 Å². The molecule has 1 heterocycles. The molecule has 0 saturated carbocycles. The Hall–Kier alpha value is -0.830. The Morgan fingerprint density at radius 2 is 2.60 bits per heavy atom. The SMILES string of the molecule is OC1CCCc2ocnc21. The van der Waals surface area contributed by atoms with Crippen LogP contribution in [0.3, 0.4) is 0 Å². The van der Waals surface area contributed by atoms with Gasteiger partial charge in [-0.1, -0.05) is 0 Å². The van der Waals surface area contributed by atoms with Gasteiger partial charge in [-0.25, -0.2) is 4.98 Å². The molecule has 0 fully saturated rings. The van der Waals surface area contributed by atoms with E-state index in [1.807, 2.05) is 0 Å². The zero-order chi connectivity index (χ0) is 6.97. The monoisotopic (exact) mass is 139 g/mol. The standard InChI is InChI=1S/C7H9NO2/c9-5-2-1-3-6-7(5)8-4-10-6/h4-5,9H,1-3H2. The van der Waals surface area contributed by atoms with Crippen LogP contribution < -0.4 is 0 Å². The van der Waals surface area contributed by atoms with E-state index in [0.717, 1.165) is 30.7 Å². The Morgan fingerprint density at radius 3 is 3.40 bits per heavy atom. The summed E-state index contributed by atoms with van der Waals surface area (Å²) in [6, 6.07) is 0. The van der Waals surface area contributed by atoms with Gasteiger partial charge in [0.25, 0.3) is 0 Å². The zero-order valence-corrected chi connectivity index (χ0v) is 5.58. The summed E-state index contributed by atoms with van der Waals surface area (Å²) < 4.78 is 5.06. The maximum atomic E-state index is 9.33. The van der Waals surface area contributed by atoms with E-state index in [1.165, 1.54) is 6.39 Å². The summed E-state index contributed by atoms with van der Waals surface area (Å²) in [5.74, 6) is 0.860. The molecule has 0 amide bonds. The van der Waals surface area contributed by atoms with Gasteiger partial charge in [-0.05, 0) is 12.8 Å². The summed E-state index contributed by atoms with van der Waals surface area (Å²) in [4.78, 5) is 3.92. The van der Waals surface area contributed by atoms with Crippen LogP contribution in [0.1, 0.15) is 30.4 Å². The van der Waals surface area contributed by atoms with Gasteiger partial charge >= 0.3 is 0 Å². The number of aliphatic hydroxyl groups excluding tert-OH is 1. The highest BCUT2D eigenvalue weighted by Gasteiger charge is 2.21. The first-order valence-corrected chi connectivity index (χ1v) is 3.48. The van der Waals surface area contributed by atoms with Gasteiger partial charge in [-0.15, -0.1) is 0 Å². The van der Waals surface area contributed by atoms with Gasteiger partial charge in [-0.3, -0.25) is 0 Å². The third kappa shape index (κ3) is 0.743. The lowest BCUT2D eigenvalue weighted by atomic mass is 10.00. The number of fused-ring (bicyclic) bond motifs is 1. The highest BCUT2D eigenvalue weighted by Crippen LogP contribution is 2.27. The molecule has 0 aliphatic heterocycles. The Balaban J connectivity index is 2.41. The Labute approximate surface area is 58.7 Å². The van der Waals surface area contributed by atoms with Crippen molar-refractivity contribution in [1.82, 2.24) is 4.98 Å². The third-order valence-corrected chi connectivity index (χ3v) is 1.87. The molecule has 0 saturated heterocycles. The lowest BCUT2D eigenvalue weighted by Gasteiger charge is -2.13. The minimum absolute atomic E-state index is 0.387. The quantitative estimate of drug-likeness (QED) is 0.584. The number of aromatic nitrogens is 1. The molecule has 1 aliphatic rings. The lowest BCUT2D eigenvalue weighted by Crippen LogP contribution is -2.07. The van der Waals surface area contributed by atoms with Crippen molar-refractivity contribution in [3.63, 3.8) is 0 Å². The van der Waals surface area contributed by atoms with Crippen LogP contribution in [0, 0.1) is 0 Å². The first kappa shape index (κ1) is 5.92. The number of nitrogens with zero attached hydrogens (tertiary/aromatic N) is 1. The second-order valence-electron chi connectivity index (χ2n) is 2.57. The van der Waals surface area contributed by atoms with Crippen LogP contribution in [-0.4, -0.2) is 10.1 Å². The minimum Gasteiger partial charge on any atom is -0.448 e. The van der Waals surface area contributed by atoms with Crippen molar-refractivity contribution in [2.24, 2.45) is 0 Å². The van der Waals surface area contributed by atoms with Crippen molar-refractivity contribution >= 4 is 0 Å². The fraction of sp³-hybridized carbons (Fsp3) is 0.571. The average molecular weight is 139 g/mol. The van der Waals surface area contributed by atoms with Crippen LogP contribution in [0.2, 0.25) is 0 Å². The molecule has 0 aromatic carbocycles. The second kappa shape index (κ2) is 2.09. The lowest BCUT2D eigenvalue weighted by molar-refractivity contribution is 0.149. The van der Waals surface area contributed by atoms with Crippen molar-refractivity contribution in [3.05, 3.63) is 17.8 Å². The normalized spacial score (nSPS) is 24.3. The summed E-state index contributed by atoms with van der Waals surface area (Å²) >= 11 is 0. The van der Waals surface area contributed by atoms with Gasteiger partial charge in [0.1, 0.15) is 11.5 Å². The summed E-state index contributed by atoms with van der Waals surface area (Å²) in [6.07, 6.45) is 3.76. The molecule has 1 aliphatic carbocycles. The molecule has 0 radical (unpaired) electrons. The maximum absolute atomic E-state index is 9.33. The first-order chi connectivity index (χ1) is 4.88. The molecule has 1 aromatic rings. The van der Waals surface area contributed by atoms with Crippen LogP contribution in [0.25, 0.3) is 0 Å². The van der Waals surface area contributed by atoms with E-state index >= 15 is 0 Å². The van der Waals surface area contributed by atoms with E-state index in [9.17, 15) is 5.11 Å². The summed E-state index contributed by atoms with van der Waals surface area (Å²) in [7, 11) is 0. The molecule has 3 nitrogen and oxygen atoms in total. The van der Waals surface area contributed by atoms with Crippen LogP contribution in [-0.2, 0) is 6.42 Å². The number of aliphatic hydroxyl groups is 1. The number of aryl methyl sites for hydroxylation is 1. The number of oxazole rings is 1. The molecule has 10 heavy (non-hydrogen) atoms. The van der Waals surface area contributed by atoms with Gasteiger partial charge in [0.15, 0.2) is 6.39 Å². The molecular weight excluding hydrogens is 130 g/mol. The summed E-state index contributed by atoms with van der Waals surface area (Å²) in [5, 5.41) is 9.33. The second-order valence-corrected chi connectivity index (χ2v) is 2.57. The van der Waals surface area contributed by atoms with Gasteiger partial charge < -0.3 is 9.52 Å². The molecule has 1 unspecified atom stereocenters. The molecular formula is C7H9NO2. The van der Waals surface area contributed by atoms with E-state index in [0.29, 0.717) is 0 Å². The van der Waals surface area contributed by atoms with Crippen molar-refractivity contribution in [2.45, 2.75) is 25.4 Å². The first-order valence-electron chi connectivity index (χ1n) is 3.48. The molecule has 0 spiro atoms. The Bertz CT molecular complexity index is 231. The molecule has 2 rings (SSSR count). The smallest absolute Gasteiger partial charge is 0.181 e. The summed E-state index contributed by atoms with van der Waals surface area (Å²) in [5.41, 5.74) is 0.742. The van der Waals surface area contributed by atoms with Crippen LogP contribution in [0.4, 0.5) is 0 Å². The molecule has 1 aromatic heterocycles. The van der Waals surface area contributed by atoms with Gasteiger partial charge in [0.2, 0.25) is 0 Å². The topological polar surface area (TPSA) is 46.3 Å². The highest BCUT2D eigenvalue weighted by molar-refractivity contribution is 5.13. The van der Waals surface area contributed by atoms with Crippen molar-refractivity contribution in [3.8, 4) is 0 Å². The van der Waals surface area contributed by atoms with Crippen LogP contribution in [0.5, 0.6) is 0 Å². The number of hydrogen-bond donors (Lipinski definition) is 1. The van der Waals surface area contributed by atoms with E-state index in [2.05, 4.69) is 4.98 Å². The number of hydrogen-bond acceptors (Lipinski definition) is 3. The molecule has 54 valence electrons.